The van der Waals surface area contributed by atoms with E-state index in [1.165, 1.54) is 0 Å². The Labute approximate surface area is 155 Å². The van der Waals surface area contributed by atoms with Crippen molar-refractivity contribution >= 4 is 27.8 Å². The van der Waals surface area contributed by atoms with Gasteiger partial charge in [-0.25, -0.2) is 4.79 Å². The van der Waals surface area contributed by atoms with Gasteiger partial charge in [0.15, 0.2) is 12.7 Å². The highest BCUT2D eigenvalue weighted by molar-refractivity contribution is 9.10. The van der Waals surface area contributed by atoms with Gasteiger partial charge in [-0.3, -0.25) is 4.79 Å². The van der Waals surface area contributed by atoms with Crippen molar-refractivity contribution in [1.82, 2.24) is 5.32 Å². The zero-order valence-electron chi connectivity index (χ0n) is 13.9. The Morgan fingerprint density at radius 3 is 2.44 bits per heavy atom. The Kier molecular flexibility index (Phi) is 7.47. The van der Waals surface area contributed by atoms with Gasteiger partial charge in [0, 0.05) is 11.0 Å². The zero-order valence-corrected chi connectivity index (χ0v) is 15.5. The maximum atomic E-state index is 11.9. The topological polar surface area (TPSA) is 64.6 Å². The van der Waals surface area contributed by atoms with Crippen LogP contribution in [-0.2, 0) is 20.7 Å². The summed E-state index contributed by atoms with van der Waals surface area (Å²) in [7, 11) is 0. The number of hydrogen-bond acceptors (Lipinski definition) is 4. The van der Waals surface area contributed by atoms with E-state index in [4.69, 9.17) is 9.47 Å². The normalized spacial score (nSPS) is 11.4. The highest BCUT2D eigenvalue weighted by atomic mass is 79.9. The van der Waals surface area contributed by atoms with E-state index in [-0.39, 0.29) is 12.5 Å². The van der Waals surface area contributed by atoms with Gasteiger partial charge < -0.3 is 14.8 Å². The Morgan fingerprint density at radius 2 is 1.76 bits per heavy atom. The molecule has 132 valence electrons. The average molecular weight is 406 g/mol. The van der Waals surface area contributed by atoms with Crippen LogP contribution in [0.15, 0.2) is 59.1 Å². The van der Waals surface area contributed by atoms with E-state index in [0.29, 0.717) is 12.3 Å². The summed E-state index contributed by atoms with van der Waals surface area (Å²) in [4.78, 5) is 23.6. The van der Waals surface area contributed by atoms with Gasteiger partial charge in [-0.2, -0.15) is 0 Å². The third kappa shape index (κ3) is 6.97. The van der Waals surface area contributed by atoms with Crippen LogP contribution in [0, 0.1) is 0 Å². The van der Waals surface area contributed by atoms with Crippen LogP contribution in [0.4, 0.5) is 0 Å². The first kappa shape index (κ1) is 19.0. The molecule has 2 aromatic rings. The summed E-state index contributed by atoms with van der Waals surface area (Å²) in [6.45, 7) is 1.75. The van der Waals surface area contributed by atoms with Crippen molar-refractivity contribution in [2.24, 2.45) is 0 Å². The molecule has 2 aromatic carbocycles. The maximum Gasteiger partial charge on any atom is 0.347 e. The fourth-order valence-corrected chi connectivity index (χ4v) is 2.33. The van der Waals surface area contributed by atoms with Gasteiger partial charge >= 0.3 is 5.97 Å². The van der Waals surface area contributed by atoms with Crippen LogP contribution in [0.2, 0.25) is 0 Å². The molecule has 0 heterocycles. The third-order valence-electron chi connectivity index (χ3n) is 3.38. The van der Waals surface area contributed by atoms with Gasteiger partial charge in [0.05, 0.1) is 0 Å². The first-order valence-corrected chi connectivity index (χ1v) is 8.73. The number of hydrogen-bond donors (Lipinski definition) is 1. The summed E-state index contributed by atoms with van der Waals surface area (Å²) >= 11 is 3.33. The fourth-order valence-electron chi connectivity index (χ4n) is 2.06. The summed E-state index contributed by atoms with van der Waals surface area (Å²) in [6, 6.07) is 16.9. The molecule has 1 N–H and O–H groups in total. The van der Waals surface area contributed by atoms with Crippen LogP contribution in [0.3, 0.4) is 0 Å². The SMILES string of the molecule is C[C@@H](Oc1ccc(Br)cc1)C(=O)OCC(=O)NCCc1ccccc1. The number of rotatable bonds is 8. The van der Waals surface area contributed by atoms with Gasteiger partial charge in [-0.15, -0.1) is 0 Å². The molecule has 5 nitrogen and oxygen atoms in total. The average Bonchev–Trinajstić information content (AvgIpc) is 2.62. The predicted octanol–water partition coefficient (Wildman–Crippen LogP) is 3.12. The molecule has 2 rings (SSSR count). The van der Waals surface area contributed by atoms with Crippen molar-refractivity contribution in [2.75, 3.05) is 13.2 Å². The van der Waals surface area contributed by atoms with Crippen LogP contribution in [0.25, 0.3) is 0 Å². The van der Waals surface area contributed by atoms with Gasteiger partial charge in [-0.05, 0) is 43.2 Å². The predicted molar refractivity (Wildman–Crippen MR) is 98.3 cm³/mol. The minimum absolute atomic E-state index is 0.318. The smallest absolute Gasteiger partial charge is 0.347 e. The highest BCUT2D eigenvalue weighted by Gasteiger charge is 2.17. The molecule has 0 aliphatic rings. The lowest BCUT2D eigenvalue weighted by Crippen LogP contribution is -2.33. The molecule has 25 heavy (non-hydrogen) atoms. The molecule has 0 unspecified atom stereocenters. The standard InChI is InChI=1S/C19H20BrNO4/c1-14(25-17-9-7-16(20)8-10-17)19(23)24-13-18(22)21-12-11-15-5-3-2-4-6-15/h2-10,14H,11-13H2,1H3,(H,21,22)/t14-/m1/s1. The van der Waals surface area contributed by atoms with Crippen LogP contribution in [0.1, 0.15) is 12.5 Å². The molecule has 0 spiro atoms. The fraction of sp³-hybridized carbons (Fsp3) is 0.263. The lowest BCUT2D eigenvalue weighted by atomic mass is 10.1. The summed E-state index contributed by atoms with van der Waals surface area (Å²) in [5.41, 5.74) is 1.14. The van der Waals surface area contributed by atoms with Gasteiger partial charge in [0.2, 0.25) is 0 Å². The van der Waals surface area contributed by atoms with E-state index >= 15 is 0 Å². The monoisotopic (exact) mass is 405 g/mol. The molecule has 0 fully saturated rings. The summed E-state index contributed by atoms with van der Waals surface area (Å²) in [5.74, 6) is -0.360. The number of amides is 1. The molecule has 0 aliphatic heterocycles. The van der Waals surface area contributed by atoms with E-state index < -0.39 is 12.1 Å². The number of benzene rings is 2. The number of esters is 1. The van der Waals surface area contributed by atoms with Crippen molar-refractivity contribution in [3.05, 3.63) is 64.6 Å². The van der Waals surface area contributed by atoms with E-state index in [1.807, 2.05) is 42.5 Å². The van der Waals surface area contributed by atoms with Crippen LogP contribution < -0.4 is 10.1 Å². The molecule has 1 amide bonds. The molecule has 0 aliphatic carbocycles. The van der Waals surface area contributed by atoms with Gasteiger partial charge in [0.1, 0.15) is 5.75 Å². The molecular weight excluding hydrogens is 386 g/mol. The molecule has 0 saturated heterocycles. The van der Waals surface area contributed by atoms with E-state index in [2.05, 4.69) is 21.2 Å². The maximum absolute atomic E-state index is 11.9. The quantitative estimate of drug-likeness (QED) is 0.685. The molecule has 0 radical (unpaired) electrons. The van der Waals surface area contributed by atoms with Crippen LogP contribution in [0.5, 0.6) is 5.75 Å². The summed E-state index contributed by atoms with van der Waals surface area (Å²) < 4.78 is 11.4. The van der Waals surface area contributed by atoms with Crippen molar-refractivity contribution in [3.8, 4) is 5.75 Å². The Hall–Kier alpha value is -2.34. The van der Waals surface area contributed by atoms with Crippen molar-refractivity contribution in [2.45, 2.75) is 19.4 Å². The minimum atomic E-state index is -0.793. The second kappa shape index (κ2) is 9.84. The lowest BCUT2D eigenvalue weighted by Gasteiger charge is -2.14. The molecule has 6 heteroatoms. The number of halogens is 1. The van der Waals surface area contributed by atoms with Crippen LogP contribution in [-0.4, -0.2) is 31.1 Å². The van der Waals surface area contributed by atoms with E-state index in [0.717, 1.165) is 16.5 Å². The first-order chi connectivity index (χ1) is 12.0. The molecule has 0 saturated carbocycles. The Bertz CT molecular complexity index is 688. The molecule has 0 bridgehead atoms. The summed E-state index contributed by atoms with van der Waals surface area (Å²) in [6.07, 6.45) is -0.0674. The summed E-state index contributed by atoms with van der Waals surface area (Å²) in [5, 5.41) is 2.72. The second-order valence-corrected chi connectivity index (χ2v) is 6.32. The molecule has 1 atom stereocenters. The van der Waals surface area contributed by atoms with Crippen molar-refractivity contribution < 1.29 is 19.1 Å². The molecular formula is C19H20BrNO4. The number of ether oxygens (including phenoxy) is 2. The minimum Gasteiger partial charge on any atom is -0.479 e. The molecule has 0 aromatic heterocycles. The largest absolute Gasteiger partial charge is 0.479 e. The Morgan fingerprint density at radius 1 is 1.08 bits per heavy atom. The second-order valence-electron chi connectivity index (χ2n) is 5.41. The Balaban J connectivity index is 1.66. The number of nitrogens with one attached hydrogen (secondary N) is 1. The van der Waals surface area contributed by atoms with Crippen molar-refractivity contribution in [1.29, 1.82) is 0 Å². The van der Waals surface area contributed by atoms with E-state index in [9.17, 15) is 9.59 Å². The number of carbonyl (C=O) groups is 2. The van der Waals surface area contributed by atoms with Gasteiger partial charge in [-0.1, -0.05) is 46.3 Å². The highest BCUT2D eigenvalue weighted by Crippen LogP contribution is 2.17. The van der Waals surface area contributed by atoms with E-state index in [1.54, 1.807) is 19.1 Å². The first-order valence-electron chi connectivity index (χ1n) is 7.94. The van der Waals surface area contributed by atoms with Gasteiger partial charge in [0.25, 0.3) is 5.91 Å². The van der Waals surface area contributed by atoms with Crippen LogP contribution >= 0.6 is 15.9 Å². The number of carbonyl (C=O) groups excluding carboxylic acids is 2. The zero-order chi connectivity index (χ0) is 18.1. The third-order valence-corrected chi connectivity index (χ3v) is 3.91. The van der Waals surface area contributed by atoms with Crippen molar-refractivity contribution in [3.63, 3.8) is 0 Å². The lowest BCUT2D eigenvalue weighted by molar-refractivity contribution is -0.154.